The van der Waals surface area contributed by atoms with Crippen LogP contribution in [0.15, 0.2) is 0 Å². The lowest BCUT2D eigenvalue weighted by atomic mass is 10.0. The molecule has 2 fully saturated rings. The van der Waals surface area contributed by atoms with Crippen LogP contribution >= 0.6 is 11.8 Å². The van der Waals surface area contributed by atoms with E-state index in [1.54, 1.807) is 11.8 Å². The van der Waals surface area contributed by atoms with Crippen LogP contribution < -0.4 is 5.73 Å². The average Bonchev–Trinajstić information content (AvgIpc) is 2.47. The van der Waals surface area contributed by atoms with Gasteiger partial charge >= 0.3 is 5.97 Å². The van der Waals surface area contributed by atoms with Gasteiger partial charge in [0.2, 0.25) is 5.91 Å². The van der Waals surface area contributed by atoms with Crippen LogP contribution in [0.4, 0.5) is 0 Å². The number of aliphatic carboxylic acids is 1. The van der Waals surface area contributed by atoms with Crippen molar-refractivity contribution in [3.8, 4) is 0 Å². The molecule has 0 aromatic rings. The summed E-state index contributed by atoms with van der Waals surface area (Å²) in [4.78, 5) is 23.9. The summed E-state index contributed by atoms with van der Waals surface area (Å²) in [6.07, 6.45) is 1.32. The molecule has 6 heteroatoms. The number of hydrogen-bond acceptors (Lipinski definition) is 4. The van der Waals surface area contributed by atoms with Crippen LogP contribution in [-0.4, -0.2) is 51.5 Å². The Hall–Kier alpha value is -0.750. The van der Waals surface area contributed by atoms with E-state index in [-0.39, 0.29) is 17.2 Å². The minimum absolute atomic E-state index is 0.0162. The average molecular weight is 230 g/mol. The van der Waals surface area contributed by atoms with E-state index in [0.29, 0.717) is 13.0 Å². The second-order valence-corrected chi connectivity index (χ2v) is 5.22. The highest BCUT2D eigenvalue weighted by atomic mass is 32.2. The molecule has 3 atom stereocenters. The summed E-state index contributed by atoms with van der Waals surface area (Å²) < 4.78 is 0. The molecule has 2 unspecified atom stereocenters. The number of carboxylic acids is 1. The predicted octanol–water partition coefficient (Wildman–Crippen LogP) is -0.495. The van der Waals surface area contributed by atoms with Crippen molar-refractivity contribution in [3.63, 3.8) is 0 Å². The fourth-order valence-corrected chi connectivity index (χ4v) is 3.54. The quantitative estimate of drug-likeness (QED) is 0.636. The number of hydrogen-bond donors (Lipinski definition) is 2. The van der Waals surface area contributed by atoms with E-state index in [0.717, 1.165) is 12.2 Å². The Morgan fingerprint density at radius 1 is 1.67 bits per heavy atom. The summed E-state index contributed by atoms with van der Waals surface area (Å²) in [5, 5.41) is 9.10. The lowest BCUT2D eigenvalue weighted by molar-refractivity contribution is -0.156. The van der Waals surface area contributed by atoms with E-state index in [4.69, 9.17) is 10.8 Å². The zero-order chi connectivity index (χ0) is 11.0. The van der Waals surface area contributed by atoms with E-state index in [2.05, 4.69) is 0 Å². The van der Waals surface area contributed by atoms with Crippen LogP contribution in [0, 0.1) is 0 Å². The standard InChI is InChI=1S/C9H14N2O3S/c10-1-2-15-6-3-5-4-7(12)11(5)8(6)9(13)14/h5-6,8H,1-4,10H2,(H,13,14)/t5-,6?,8?/m0/s1. The van der Waals surface area contributed by atoms with E-state index in [1.165, 1.54) is 4.90 Å². The first-order valence-electron chi connectivity index (χ1n) is 5.00. The molecule has 0 aliphatic carbocycles. The molecule has 2 aliphatic heterocycles. The van der Waals surface area contributed by atoms with E-state index in [9.17, 15) is 9.59 Å². The summed E-state index contributed by atoms with van der Waals surface area (Å²) in [6, 6.07) is -0.471. The fraction of sp³-hybridized carbons (Fsp3) is 0.778. The first-order chi connectivity index (χ1) is 7.15. The molecule has 2 heterocycles. The van der Waals surface area contributed by atoms with Crippen LogP contribution in [-0.2, 0) is 9.59 Å². The first kappa shape index (κ1) is 10.8. The number of rotatable bonds is 4. The topological polar surface area (TPSA) is 83.6 Å². The largest absolute Gasteiger partial charge is 0.480 e. The molecule has 0 saturated carbocycles. The van der Waals surface area contributed by atoms with Crippen molar-refractivity contribution in [2.24, 2.45) is 5.73 Å². The van der Waals surface area contributed by atoms with Gasteiger partial charge in [-0.1, -0.05) is 0 Å². The number of carbonyl (C=O) groups is 2. The van der Waals surface area contributed by atoms with Crippen LogP contribution in [0.3, 0.4) is 0 Å². The van der Waals surface area contributed by atoms with Gasteiger partial charge in [-0.15, -0.1) is 0 Å². The van der Waals surface area contributed by atoms with E-state index in [1.807, 2.05) is 0 Å². The van der Waals surface area contributed by atoms with Crippen LogP contribution in [0.2, 0.25) is 0 Å². The zero-order valence-corrected chi connectivity index (χ0v) is 9.07. The van der Waals surface area contributed by atoms with Gasteiger partial charge < -0.3 is 15.7 Å². The molecule has 0 bridgehead atoms. The van der Waals surface area contributed by atoms with Gasteiger partial charge in [-0.05, 0) is 6.42 Å². The van der Waals surface area contributed by atoms with Crippen molar-refractivity contribution < 1.29 is 14.7 Å². The molecule has 0 radical (unpaired) electrons. The van der Waals surface area contributed by atoms with Gasteiger partial charge in [-0.25, -0.2) is 4.79 Å². The van der Waals surface area contributed by atoms with Gasteiger partial charge in [0.1, 0.15) is 6.04 Å². The van der Waals surface area contributed by atoms with E-state index < -0.39 is 12.0 Å². The number of amides is 1. The van der Waals surface area contributed by atoms with Crippen molar-refractivity contribution in [2.45, 2.75) is 30.2 Å². The highest BCUT2D eigenvalue weighted by molar-refractivity contribution is 8.00. The Morgan fingerprint density at radius 3 is 2.93 bits per heavy atom. The SMILES string of the molecule is NCCSC1C[C@H]2CC(=O)N2C1C(=O)O. The first-order valence-corrected chi connectivity index (χ1v) is 6.05. The summed E-state index contributed by atoms with van der Waals surface area (Å²) in [5.41, 5.74) is 5.39. The Kier molecular flexibility index (Phi) is 2.88. The van der Waals surface area contributed by atoms with Crippen LogP contribution in [0.5, 0.6) is 0 Å². The minimum Gasteiger partial charge on any atom is -0.480 e. The predicted molar refractivity (Wildman–Crippen MR) is 56.6 cm³/mol. The van der Waals surface area contributed by atoms with Crippen LogP contribution in [0.25, 0.3) is 0 Å². The van der Waals surface area contributed by atoms with Crippen molar-refractivity contribution in [3.05, 3.63) is 0 Å². The molecular weight excluding hydrogens is 216 g/mol. The van der Waals surface area contributed by atoms with Crippen molar-refractivity contribution in [1.29, 1.82) is 0 Å². The monoisotopic (exact) mass is 230 g/mol. The maximum atomic E-state index is 11.3. The minimum atomic E-state index is -0.889. The number of thioether (sulfide) groups is 1. The number of nitrogens with zero attached hydrogens (tertiary/aromatic N) is 1. The van der Waals surface area contributed by atoms with Gasteiger partial charge in [0.15, 0.2) is 0 Å². The van der Waals surface area contributed by atoms with E-state index >= 15 is 0 Å². The lowest BCUT2D eigenvalue weighted by Gasteiger charge is -2.37. The molecule has 84 valence electrons. The smallest absolute Gasteiger partial charge is 0.327 e. The lowest BCUT2D eigenvalue weighted by Crippen LogP contribution is -2.55. The van der Waals surface area contributed by atoms with Gasteiger partial charge in [0, 0.05) is 30.0 Å². The summed E-state index contributed by atoms with van der Waals surface area (Å²) in [5.74, 6) is -0.160. The summed E-state index contributed by atoms with van der Waals surface area (Å²) >= 11 is 1.57. The number of β-lactam (4-membered cyclic amide) rings is 1. The summed E-state index contributed by atoms with van der Waals surface area (Å²) in [7, 11) is 0. The Bertz CT molecular complexity index is 297. The number of fused-ring (bicyclic) bond motifs is 1. The maximum absolute atomic E-state index is 11.3. The fourth-order valence-electron chi connectivity index (χ4n) is 2.31. The van der Waals surface area contributed by atoms with Gasteiger partial charge in [0.25, 0.3) is 0 Å². The molecule has 1 amide bonds. The van der Waals surface area contributed by atoms with Gasteiger partial charge in [-0.3, -0.25) is 4.79 Å². The molecule has 2 saturated heterocycles. The molecule has 5 nitrogen and oxygen atoms in total. The molecule has 15 heavy (non-hydrogen) atoms. The van der Waals surface area contributed by atoms with Gasteiger partial charge in [0.05, 0.1) is 0 Å². The normalized spacial score (nSPS) is 33.8. The molecular formula is C9H14N2O3S. The molecule has 0 aromatic carbocycles. The highest BCUT2D eigenvalue weighted by Gasteiger charge is 2.53. The molecule has 2 rings (SSSR count). The third-order valence-electron chi connectivity index (χ3n) is 2.95. The second kappa shape index (κ2) is 4.02. The third kappa shape index (κ3) is 1.72. The van der Waals surface area contributed by atoms with Crippen molar-refractivity contribution in [2.75, 3.05) is 12.3 Å². The maximum Gasteiger partial charge on any atom is 0.327 e. The van der Waals surface area contributed by atoms with Gasteiger partial charge in [-0.2, -0.15) is 11.8 Å². The van der Waals surface area contributed by atoms with Crippen molar-refractivity contribution in [1.82, 2.24) is 4.90 Å². The van der Waals surface area contributed by atoms with Crippen molar-refractivity contribution >= 4 is 23.6 Å². The van der Waals surface area contributed by atoms with Crippen LogP contribution in [0.1, 0.15) is 12.8 Å². The number of carboxylic acid groups (broad SMARTS) is 1. The number of carbonyl (C=O) groups excluding carboxylic acids is 1. The molecule has 0 aromatic heterocycles. The second-order valence-electron chi connectivity index (χ2n) is 3.88. The molecule has 0 spiro atoms. The Morgan fingerprint density at radius 2 is 2.40 bits per heavy atom. The molecule has 2 aliphatic rings. The zero-order valence-electron chi connectivity index (χ0n) is 8.26. The third-order valence-corrected chi connectivity index (χ3v) is 4.30. The highest BCUT2D eigenvalue weighted by Crippen LogP contribution is 2.40. The Labute approximate surface area is 92.0 Å². The Balaban J connectivity index is 2.05. The number of nitrogens with two attached hydrogens (primary N) is 1. The summed E-state index contributed by atoms with van der Waals surface area (Å²) in [6.45, 7) is 0.548. The molecule has 3 N–H and O–H groups in total.